The van der Waals surface area contributed by atoms with E-state index >= 15 is 0 Å². The summed E-state index contributed by atoms with van der Waals surface area (Å²) < 4.78 is 8.88. The predicted molar refractivity (Wildman–Crippen MR) is 38.6 cm³/mol. The van der Waals surface area contributed by atoms with Crippen molar-refractivity contribution in [1.29, 1.82) is 0 Å². The zero-order valence-electron chi connectivity index (χ0n) is 3.61. The fourth-order valence-electron chi connectivity index (χ4n) is 0. The summed E-state index contributed by atoms with van der Waals surface area (Å²) in [7, 11) is -4.64. The van der Waals surface area contributed by atoms with Crippen molar-refractivity contribution >= 4 is 45.5 Å². The van der Waals surface area contributed by atoms with E-state index < -0.39 is 7.82 Å². The zero-order valence-corrected chi connectivity index (χ0v) is 4.51. The Kier molecular flexibility index (Phi) is 42.3. The van der Waals surface area contributed by atoms with Crippen LogP contribution in [0.1, 0.15) is 0 Å². The summed E-state index contributed by atoms with van der Waals surface area (Å²) in [6.45, 7) is 0. The molecule has 9 heteroatoms. The van der Waals surface area contributed by atoms with Crippen LogP contribution in [0.25, 0.3) is 0 Å². The van der Waals surface area contributed by atoms with E-state index in [1.165, 1.54) is 0 Å². The second-order valence-corrected chi connectivity index (χ2v) is 1.54. The molecule has 9 N–H and O–H groups in total. The first-order valence-corrected chi connectivity index (χ1v) is 2.35. The summed E-state index contributed by atoms with van der Waals surface area (Å²) in [6.07, 6.45) is 0. The fourth-order valence-corrected chi connectivity index (χ4v) is 0. The van der Waals surface area contributed by atoms with Crippen LogP contribution < -0.4 is 12.3 Å². The third-order valence-electron chi connectivity index (χ3n) is 0. The molecule has 0 aliphatic carbocycles. The van der Waals surface area contributed by atoms with Crippen molar-refractivity contribution in [3.05, 3.63) is 0 Å². The van der Waals surface area contributed by atoms with Gasteiger partial charge < -0.3 is 27.0 Å². The molecule has 0 aromatic rings. The molecule has 0 radical (unpaired) electrons. The van der Waals surface area contributed by atoms with E-state index in [9.17, 15) is 0 Å². The quantitative estimate of drug-likeness (QED) is 0.200. The Morgan fingerprint density at radius 3 is 0.889 bits per heavy atom. The molecule has 6 nitrogen and oxygen atoms in total. The van der Waals surface area contributed by atoms with Crippen LogP contribution in [0.5, 0.6) is 0 Å². The minimum atomic E-state index is -4.64. The van der Waals surface area contributed by atoms with Gasteiger partial charge in [0, 0.05) is 0 Å². The van der Waals surface area contributed by atoms with Crippen LogP contribution in [0.15, 0.2) is 0 Å². The molecule has 0 bridgehead atoms. The molecule has 0 heterocycles. The molecule has 0 fully saturated rings. The Bertz CT molecular complexity index is 62.7. The first kappa shape index (κ1) is 31.9. The van der Waals surface area contributed by atoms with Crippen molar-refractivity contribution in [3.8, 4) is 0 Å². The Hall–Kier alpha value is 1.22. The van der Waals surface area contributed by atoms with Crippen molar-refractivity contribution in [3.63, 3.8) is 0 Å². The molecule has 0 atom stereocenters. The second kappa shape index (κ2) is 12.0. The number of phosphoric acid groups is 1. The fraction of sp³-hybridized carbons (Fsp3) is 0. The van der Waals surface area contributed by atoms with Gasteiger partial charge in [0.2, 0.25) is 0 Å². The topological polar surface area (TPSA) is 148 Å². The Morgan fingerprint density at radius 2 is 0.889 bits per heavy atom. The Morgan fingerprint density at radius 1 is 0.889 bits per heavy atom. The summed E-state index contributed by atoms with van der Waals surface area (Å²) in [5, 5.41) is 0. The Labute approximate surface area is 77.2 Å². The molecule has 0 saturated heterocycles. The molecule has 0 rings (SSSR count). The molecule has 0 aromatic heterocycles. The van der Waals surface area contributed by atoms with E-state index in [0.29, 0.717) is 0 Å². The zero-order chi connectivity index (χ0) is 4.50. The summed E-state index contributed by atoms with van der Waals surface area (Å²) in [6, 6.07) is 0. The van der Waals surface area contributed by atoms with Crippen LogP contribution in [0, 0.1) is 0 Å². The number of hydrogen-bond donors (Lipinski definition) is 5. The van der Waals surface area contributed by atoms with Gasteiger partial charge in [0.05, 0.1) is 0 Å². The molecule has 0 aliphatic heterocycles. The second-order valence-electron chi connectivity index (χ2n) is 0.513. The van der Waals surface area contributed by atoms with Crippen LogP contribution in [0.3, 0.4) is 0 Å². The van der Waals surface area contributed by atoms with Gasteiger partial charge in [0.25, 0.3) is 0 Å². The standard InChI is InChI=1S/2Li.2H3N.H3O4P.2H/c;;;;1-5(2,3)4;;/h;;2*1H3;(H3,1,2,3,4);;. The molecule has 52 valence electrons. The molecule has 0 saturated carbocycles. The van der Waals surface area contributed by atoms with E-state index in [4.69, 9.17) is 19.2 Å². The van der Waals surface area contributed by atoms with Crippen molar-refractivity contribution in [2.24, 2.45) is 0 Å². The first-order valence-electron chi connectivity index (χ1n) is 0.783. The van der Waals surface area contributed by atoms with Crippen molar-refractivity contribution < 1.29 is 19.2 Å². The van der Waals surface area contributed by atoms with Crippen LogP contribution >= 0.6 is 7.82 Å². The van der Waals surface area contributed by atoms with Crippen LogP contribution in [-0.4, -0.2) is 52.4 Å². The molecule has 0 spiro atoms. The molecule has 9 heavy (non-hydrogen) atoms. The maximum atomic E-state index is 8.88. The van der Waals surface area contributed by atoms with E-state index in [2.05, 4.69) is 0 Å². The van der Waals surface area contributed by atoms with Gasteiger partial charge in [-0.1, -0.05) is 0 Å². The average Bonchev–Trinajstić information content (AvgIpc) is 0.722. The van der Waals surface area contributed by atoms with E-state index in [0.717, 1.165) is 0 Å². The Balaban J connectivity index is -0.0000000133. The van der Waals surface area contributed by atoms with Crippen LogP contribution in [-0.2, 0) is 4.57 Å². The molecular weight excluding hydrogens is 137 g/mol. The van der Waals surface area contributed by atoms with Crippen LogP contribution in [0.4, 0.5) is 0 Å². The summed E-state index contributed by atoms with van der Waals surface area (Å²) in [5.74, 6) is 0. The first-order chi connectivity index (χ1) is 2.00. The molecule has 0 aromatic carbocycles. The van der Waals surface area contributed by atoms with Crippen molar-refractivity contribution in [2.45, 2.75) is 0 Å². The molecule has 0 unspecified atom stereocenters. The summed E-state index contributed by atoms with van der Waals surface area (Å²) >= 11 is 0. The molecular formula is H11Li2N2O4P. The maximum absolute atomic E-state index is 8.88. The van der Waals surface area contributed by atoms with Gasteiger partial charge in [-0.05, 0) is 0 Å². The summed E-state index contributed by atoms with van der Waals surface area (Å²) in [4.78, 5) is 21.6. The van der Waals surface area contributed by atoms with E-state index in [1.54, 1.807) is 0 Å². The average molecular weight is 148 g/mol. The van der Waals surface area contributed by atoms with Gasteiger partial charge >= 0.3 is 45.5 Å². The van der Waals surface area contributed by atoms with Crippen molar-refractivity contribution in [2.75, 3.05) is 0 Å². The van der Waals surface area contributed by atoms with Crippen LogP contribution in [0.2, 0.25) is 0 Å². The van der Waals surface area contributed by atoms with E-state index in [1.807, 2.05) is 0 Å². The third-order valence-corrected chi connectivity index (χ3v) is 0. The normalized spacial score (nSPS) is 6.56. The minimum absolute atomic E-state index is 0. The number of hydrogen-bond acceptors (Lipinski definition) is 3. The van der Waals surface area contributed by atoms with Crippen molar-refractivity contribution in [1.82, 2.24) is 12.3 Å². The van der Waals surface area contributed by atoms with Gasteiger partial charge in [0.15, 0.2) is 0 Å². The number of rotatable bonds is 0. The van der Waals surface area contributed by atoms with E-state index in [-0.39, 0.29) is 50.0 Å². The third kappa shape index (κ3) is 321. The van der Waals surface area contributed by atoms with Gasteiger partial charge in [-0.25, -0.2) is 4.57 Å². The monoisotopic (exact) mass is 148 g/mol. The summed E-state index contributed by atoms with van der Waals surface area (Å²) in [5.41, 5.74) is 0. The van der Waals surface area contributed by atoms with Gasteiger partial charge in [-0.2, -0.15) is 0 Å². The van der Waals surface area contributed by atoms with Gasteiger partial charge in [-0.15, -0.1) is 0 Å². The molecule has 0 amide bonds. The van der Waals surface area contributed by atoms with Gasteiger partial charge in [-0.3, -0.25) is 0 Å². The predicted octanol–water partition coefficient (Wildman–Crippen LogP) is -1.90. The SMILES string of the molecule is N.N.O=P(O)(O)O.[LiH].[LiH]. The van der Waals surface area contributed by atoms with Gasteiger partial charge in [0.1, 0.15) is 0 Å². The molecule has 0 aliphatic rings.